The molecule has 2 heteroatoms. The average Bonchev–Trinajstić information content (AvgIpc) is 2.37. The molecule has 2 N–H and O–H groups in total. The van der Waals surface area contributed by atoms with Crippen LogP contribution in [-0.4, -0.2) is 17.8 Å². The van der Waals surface area contributed by atoms with Crippen LogP contribution in [0.1, 0.15) is 42.4 Å². The zero-order valence-electron chi connectivity index (χ0n) is 11.6. The Balaban J connectivity index is 1.77. The highest BCUT2D eigenvalue weighted by Crippen LogP contribution is 2.23. The molecule has 0 unspecified atom stereocenters. The van der Waals surface area contributed by atoms with E-state index < -0.39 is 0 Å². The van der Waals surface area contributed by atoms with Crippen LogP contribution in [-0.2, 0) is 6.54 Å². The zero-order chi connectivity index (χ0) is 13.0. The van der Waals surface area contributed by atoms with E-state index in [2.05, 4.69) is 37.4 Å². The molecule has 0 amide bonds. The van der Waals surface area contributed by atoms with Crippen molar-refractivity contribution < 1.29 is 5.11 Å². The van der Waals surface area contributed by atoms with Gasteiger partial charge in [-0.15, -0.1) is 0 Å². The summed E-state index contributed by atoms with van der Waals surface area (Å²) in [6.45, 7) is 6.41. The summed E-state index contributed by atoms with van der Waals surface area (Å²) in [5.41, 5.74) is 4.19. The third-order valence-electron chi connectivity index (χ3n) is 4.28. The van der Waals surface area contributed by atoms with Crippen molar-refractivity contribution in [2.24, 2.45) is 5.92 Å². The molecule has 0 atom stereocenters. The molecule has 18 heavy (non-hydrogen) atoms. The van der Waals surface area contributed by atoms with Gasteiger partial charge in [0, 0.05) is 6.54 Å². The van der Waals surface area contributed by atoms with E-state index in [1.54, 1.807) is 0 Å². The largest absolute Gasteiger partial charge is 0.393 e. The number of aryl methyl sites for hydroxylation is 1. The molecule has 100 valence electrons. The Bertz CT molecular complexity index is 381. The lowest BCUT2D eigenvalue weighted by molar-refractivity contribution is 0.108. The second-order valence-corrected chi connectivity index (χ2v) is 5.66. The van der Waals surface area contributed by atoms with E-state index in [9.17, 15) is 5.11 Å². The molecule has 0 saturated heterocycles. The van der Waals surface area contributed by atoms with Gasteiger partial charge in [0.05, 0.1) is 6.10 Å². The lowest BCUT2D eigenvalue weighted by Gasteiger charge is -2.25. The standard InChI is InChI=1S/C16H25NO/c1-12-4-3-5-15(13(12)2)11-17-10-14-6-8-16(18)9-7-14/h3-5,14,16-18H,6-11H2,1-2H3. The molecule has 1 aliphatic carbocycles. The second kappa shape index (κ2) is 6.35. The Labute approximate surface area is 110 Å². The zero-order valence-corrected chi connectivity index (χ0v) is 11.6. The third-order valence-corrected chi connectivity index (χ3v) is 4.28. The summed E-state index contributed by atoms with van der Waals surface area (Å²) < 4.78 is 0. The predicted octanol–water partition coefficient (Wildman–Crippen LogP) is 2.94. The minimum atomic E-state index is -0.0414. The van der Waals surface area contributed by atoms with Crippen molar-refractivity contribution >= 4 is 0 Å². The monoisotopic (exact) mass is 247 g/mol. The lowest BCUT2D eigenvalue weighted by Crippen LogP contribution is -2.27. The van der Waals surface area contributed by atoms with Crippen LogP contribution in [0.25, 0.3) is 0 Å². The number of hydrogen-bond acceptors (Lipinski definition) is 2. The minimum Gasteiger partial charge on any atom is -0.393 e. The Hall–Kier alpha value is -0.860. The van der Waals surface area contributed by atoms with Crippen molar-refractivity contribution in [2.45, 2.75) is 52.2 Å². The first-order chi connectivity index (χ1) is 8.66. The van der Waals surface area contributed by atoms with Crippen LogP contribution in [0.3, 0.4) is 0 Å². The predicted molar refractivity (Wildman–Crippen MR) is 75.6 cm³/mol. The maximum atomic E-state index is 9.48. The molecular formula is C16H25NO. The van der Waals surface area contributed by atoms with Gasteiger partial charge in [0.1, 0.15) is 0 Å². The van der Waals surface area contributed by atoms with Gasteiger partial charge < -0.3 is 10.4 Å². The van der Waals surface area contributed by atoms with Crippen molar-refractivity contribution in [3.63, 3.8) is 0 Å². The van der Waals surface area contributed by atoms with Crippen molar-refractivity contribution in [2.75, 3.05) is 6.54 Å². The molecule has 1 aromatic carbocycles. The topological polar surface area (TPSA) is 32.3 Å². The minimum absolute atomic E-state index is 0.0414. The normalized spacial score (nSPS) is 24.2. The maximum Gasteiger partial charge on any atom is 0.0540 e. The van der Waals surface area contributed by atoms with Gasteiger partial charge in [-0.25, -0.2) is 0 Å². The van der Waals surface area contributed by atoms with E-state index in [1.165, 1.54) is 29.5 Å². The van der Waals surface area contributed by atoms with Crippen LogP contribution >= 0.6 is 0 Å². The Kier molecular flexibility index (Phi) is 4.79. The molecule has 0 aliphatic heterocycles. The van der Waals surface area contributed by atoms with E-state index in [0.29, 0.717) is 0 Å². The van der Waals surface area contributed by atoms with Crippen LogP contribution in [0.2, 0.25) is 0 Å². The smallest absolute Gasteiger partial charge is 0.0540 e. The molecule has 0 radical (unpaired) electrons. The third kappa shape index (κ3) is 3.56. The molecule has 1 aromatic rings. The molecule has 1 aliphatic rings. The summed E-state index contributed by atoms with van der Waals surface area (Å²) in [5, 5.41) is 13.0. The fraction of sp³-hybridized carbons (Fsp3) is 0.625. The van der Waals surface area contributed by atoms with Crippen LogP contribution in [0.5, 0.6) is 0 Å². The van der Waals surface area contributed by atoms with Crippen molar-refractivity contribution in [3.05, 3.63) is 34.9 Å². The SMILES string of the molecule is Cc1cccc(CNCC2CCC(O)CC2)c1C. The maximum absolute atomic E-state index is 9.48. The Morgan fingerprint density at radius 3 is 2.61 bits per heavy atom. The van der Waals surface area contributed by atoms with E-state index in [-0.39, 0.29) is 6.10 Å². The quantitative estimate of drug-likeness (QED) is 0.857. The molecule has 0 spiro atoms. The van der Waals surface area contributed by atoms with Gasteiger partial charge in [0.15, 0.2) is 0 Å². The van der Waals surface area contributed by atoms with E-state index >= 15 is 0 Å². The molecular weight excluding hydrogens is 222 g/mol. The summed E-state index contributed by atoms with van der Waals surface area (Å²) in [6.07, 6.45) is 4.26. The molecule has 0 bridgehead atoms. The molecule has 1 fully saturated rings. The van der Waals surface area contributed by atoms with Crippen LogP contribution < -0.4 is 5.32 Å². The van der Waals surface area contributed by atoms with Crippen molar-refractivity contribution in [1.82, 2.24) is 5.32 Å². The first-order valence-electron chi connectivity index (χ1n) is 7.10. The van der Waals surface area contributed by atoms with Crippen LogP contribution in [0, 0.1) is 19.8 Å². The summed E-state index contributed by atoms with van der Waals surface area (Å²) in [4.78, 5) is 0. The van der Waals surface area contributed by atoms with Gasteiger partial charge in [-0.1, -0.05) is 18.2 Å². The molecule has 2 rings (SSSR count). The van der Waals surface area contributed by atoms with Crippen LogP contribution in [0.4, 0.5) is 0 Å². The number of benzene rings is 1. The highest BCUT2D eigenvalue weighted by Gasteiger charge is 2.18. The fourth-order valence-electron chi connectivity index (χ4n) is 2.76. The summed E-state index contributed by atoms with van der Waals surface area (Å²) in [6, 6.07) is 6.51. The van der Waals surface area contributed by atoms with E-state index in [1.807, 2.05) is 0 Å². The first kappa shape index (κ1) is 13.6. The molecule has 0 aromatic heterocycles. The van der Waals surface area contributed by atoms with Gasteiger partial charge in [-0.05, 0) is 68.7 Å². The highest BCUT2D eigenvalue weighted by molar-refractivity contribution is 5.32. The number of rotatable bonds is 4. The Morgan fingerprint density at radius 1 is 1.17 bits per heavy atom. The molecule has 0 heterocycles. The molecule has 1 saturated carbocycles. The van der Waals surface area contributed by atoms with Gasteiger partial charge in [-0.2, -0.15) is 0 Å². The lowest BCUT2D eigenvalue weighted by atomic mass is 9.87. The van der Waals surface area contributed by atoms with Gasteiger partial charge in [-0.3, -0.25) is 0 Å². The molecule has 2 nitrogen and oxygen atoms in total. The summed E-state index contributed by atoms with van der Waals surface area (Å²) >= 11 is 0. The second-order valence-electron chi connectivity index (χ2n) is 5.66. The highest BCUT2D eigenvalue weighted by atomic mass is 16.3. The van der Waals surface area contributed by atoms with Gasteiger partial charge in [0.2, 0.25) is 0 Å². The van der Waals surface area contributed by atoms with Crippen molar-refractivity contribution in [1.29, 1.82) is 0 Å². The fourth-order valence-corrected chi connectivity index (χ4v) is 2.76. The van der Waals surface area contributed by atoms with Gasteiger partial charge in [0.25, 0.3) is 0 Å². The number of hydrogen-bond donors (Lipinski definition) is 2. The summed E-state index contributed by atoms with van der Waals surface area (Å²) in [7, 11) is 0. The number of aliphatic hydroxyl groups excluding tert-OH is 1. The van der Waals surface area contributed by atoms with Gasteiger partial charge >= 0.3 is 0 Å². The summed E-state index contributed by atoms with van der Waals surface area (Å²) in [5.74, 6) is 0.749. The number of aliphatic hydroxyl groups is 1. The van der Waals surface area contributed by atoms with Crippen LogP contribution in [0.15, 0.2) is 18.2 Å². The van der Waals surface area contributed by atoms with E-state index in [0.717, 1.165) is 31.8 Å². The first-order valence-corrected chi connectivity index (χ1v) is 7.10. The average molecular weight is 247 g/mol. The Morgan fingerprint density at radius 2 is 1.89 bits per heavy atom. The number of nitrogens with one attached hydrogen (secondary N) is 1. The van der Waals surface area contributed by atoms with Crippen molar-refractivity contribution in [3.8, 4) is 0 Å². The van der Waals surface area contributed by atoms with E-state index in [4.69, 9.17) is 0 Å².